The predicted octanol–water partition coefficient (Wildman–Crippen LogP) is 14.6. The summed E-state index contributed by atoms with van der Waals surface area (Å²) in [5.74, 6) is -0.215. The third-order valence-corrected chi connectivity index (χ3v) is 9.27. The van der Waals surface area contributed by atoms with Crippen molar-refractivity contribution in [2.24, 2.45) is 0 Å². The number of carbonyl (C=O) groups is 1. The van der Waals surface area contributed by atoms with Crippen LogP contribution >= 0.6 is 0 Å². The molecule has 0 aliphatic rings. The summed E-state index contributed by atoms with van der Waals surface area (Å²) in [5.41, 5.74) is 0. The van der Waals surface area contributed by atoms with Crippen LogP contribution in [0, 0.1) is 0 Å². The molecule has 0 aromatic heterocycles. The Bertz CT molecular complexity index is 896. The zero-order chi connectivity index (χ0) is 37.7. The second-order valence-corrected chi connectivity index (χ2v) is 14.4. The first kappa shape index (κ1) is 49.8. The molecule has 1 N–H and O–H groups in total. The molecule has 0 amide bonds. The maximum Gasteiger partial charge on any atom is 0.306 e. The molecule has 4 heteroatoms. The van der Waals surface area contributed by atoms with E-state index >= 15 is 0 Å². The molecule has 1 atom stereocenters. The first-order valence-electron chi connectivity index (χ1n) is 22.0. The van der Waals surface area contributed by atoms with E-state index in [-0.39, 0.29) is 19.2 Å². The van der Waals surface area contributed by atoms with E-state index in [0.717, 1.165) is 64.2 Å². The molecular formula is C48H84O4. The topological polar surface area (TPSA) is 55.8 Å². The number of aliphatic hydroxyl groups is 1. The zero-order valence-corrected chi connectivity index (χ0v) is 34.3. The Kier molecular flexibility index (Phi) is 43.1. The van der Waals surface area contributed by atoms with Gasteiger partial charge in [-0.2, -0.15) is 0 Å². The Morgan fingerprint density at radius 2 is 0.865 bits per heavy atom. The van der Waals surface area contributed by atoms with E-state index in [2.05, 4.69) is 86.8 Å². The summed E-state index contributed by atoms with van der Waals surface area (Å²) in [4.78, 5) is 12.2. The highest BCUT2D eigenvalue weighted by Crippen LogP contribution is 2.13. The average Bonchev–Trinajstić information content (AvgIpc) is 3.15. The molecule has 1 unspecified atom stereocenters. The van der Waals surface area contributed by atoms with Crippen molar-refractivity contribution in [3.8, 4) is 0 Å². The summed E-state index contributed by atoms with van der Waals surface area (Å²) >= 11 is 0. The molecule has 0 aromatic rings. The van der Waals surface area contributed by atoms with Gasteiger partial charge in [-0.15, -0.1) is 0 Å². The number of carbonyl (C=O) groups excluding carboxylic acids is 1. The normalized spacial score (nSPS) is 13.1. The van der Waals surface area contributed by atoms with E-state index in [1.165, 1.54) is 116 Å². The first-order valence-corrected chi connectivity index (χ1v) is 22.0. The summed E-state index contributed by atoms with van der Waals surface area (Å²) in [5, 5.41) is 9.61. The largest absolute Gasteiger partial charge is 0.457 e. The van der Waals surface area contributed by atoms with Crippen molar-refractivity contribution >= 4 is 5.97 Å². The SMILES string of the molecule is CC/C=C\C/C=C\C/C=C\C/C=C\C/C=C\CCCCCCCCCC(=O)OC(CO)COCCCCCCCC/C=C\CCCCCCCCC. The zero-order valence-electron chi connectivity index (χ0n) is 34.3. The quantitative estimate of drug-likeness (QED) is 0.0388. The lowest BCUT2D eigenvalue weighted by Gasteiger charge is -2.15. The van der Waals surface area contributed by atoms with Crippen LogP contribution in [0.1, 0.15) is 200 Å². The minimum absolute atomic E-state index is 0.182. The van der Waals surface area contributed by atoms with E-state index < -0.39 is 6.10 Å². The van der Waals surface area contributed by atoms with Gasteiger partial charge in [0, 0.05) is 13.0 Å². The maximum atomic E-state index is 12.2. The smallest absolute Gasteiger partial charge is 0.306 e. The van der Waals surface area contributed by atoms with Crippen LogP contribution in [0.3, 0.4) is 0 Å². The third kappa shape index (κ3) is 42.2. The second kappa shape index (κ2) is 45.0. The van der Waals surface area contributed by atoms with Gasteiger partial charge in [-0.3, -0.25) is 4.79 Å². The molecule has 0 spiro atoms. The average molecular weight is 725 g/mol. The Balaban J connectivity index is 3.50. The molecule has 0 heterocycles. The number of esters is 1. The Morgan fingerprint density at radius 1 is 0.481 bits per heavy atom. The monoisotopic (exact) mass is 725 g/mol. The van der Waals surface area contributed by atoms with Gasteiger partial charge in [-0.1, -0.05) is 183 Å². The van der Waals surface area contributed by atoms with E-state index in [1.54, 1.807) is 0 Å². The number of hydrogen-bond donors (Lipinski definition) is 1. The van der Waals surface area contributed by atoms with Crippen molar-refractivity contribution in [3.63, 3.8) is 0 Å². The summed E-state index contributed by atoms with van der Waals surface area (Å²) < 4.78 is 11.2. The molecule has 52 heavy (non-hydrogen) atoms. The van der Waals surface area contributed by atoms with Crippen LogP contribution in [-0.4, -0.2) is 37.0 Å². The lowest BCUT2D eigenvalue weighted by Crippen LogP contribution is -2.27. The van der Waals surface area contributed by atoms with Crippen molar-refractivity contribution in [2.75, 3.05) is 19.8 Å². The molecule has 0 saturated carbocycles. The summed E-state index contributed by atoms with van der Waals surface area (Å²) in [6.07, 6.45) is 61.0. The summed E-state index contributed by atoms with van der Waals surface area (Å²) in [6.45, 7) is 5.21. The molecular weight excluding hydrogens is 641 g/mol. The van der Waals surface area contributed by atoms with Crippen molar-refractivity contribution in [1.82, 2.24) is 0 Å². The molecule has 0 aliphatic carbocycles. The Morgan fingerprint density at radius 3 is 1.33 bits per heavy atom. The minimum Gasteiger partial charge on any atom is -0.457 e. The molecule has 0 radical (unpaired) electrons. The molecule has 0 fully saturated rings. The van der Waals surface area contributed by atoms with Gasteiger partial charge in [0.1, 0.15) is 6.10 Å². The van der Waals surface area contributed by atoms with Crippen molar-refractivity contribution < 1.29 is 19.4 Å². The Labute approximate surface area is 323 Å². The minimum atomic E-state index is -0.547. The van der Waals surface area contributed by atoms with Crippen LogP contribution in [0.4, 0.5) is 0 Å². The highest BCUT2D eigenvalue weighted by atomic mass is 16.6. The number of hydrogen-bond acceptors (Lipinski definition) is 4. The molecule has 4 nitrogen and oxygen atoms in total. The number of ether oxygens (including phenoxy) is 2. The summed E-state index contributed by atoms with van der Waals surface area (Å²) in [7, 11) is 0. The van der Waals surface area contributed by atoms with Crippen LogP contribution in [0.2, 0.25) is 0 Å². The highest BCUT2D eigenvalue weighted by molar-refractivity contribution is 5.69. The fourth-order valence-corrected chi connectivity index (χ4v) is 6.00. The molecule has 0 saturated heterocycles. The predicted molar refractivity (Wildman–Crippen MR) is 228 cm³/mol. The van der Waals surface area contributed by atoms with Gasteiger partial charge < -0.3 is 14.6 Å². The van der Waals surface area contributed by atoms with Crippen LogP contribution in [0.5, 0.6) is 0 Å². The fraction of sp³-hybridized carbons (Fsp3) is 0.729. The first-order chi connectivity index (χ1) is 25.7. The van der Waals surface area contributed by atoms with Gasteiger partial charge >= 0.3 is 5.97 Å². The lowest BCUT2D eigenvalue weighted by atomic mass is 10.1. The molecule has 0 aromatic carbocycles. The standard InChI is InChI=1S/C48H84O4/c1-3-5-7-9-11-13-15-17-19-21-22-23-24-25-26-27-29-31-33-35-37-39-41-43-48(50)52-47(45-49)46-51-44-42-40-38-36-34-32-30-28-20-18-16-14-12-10-8-6-4-2/h5,7,11,13,17,19-20,22-23,25-26,28,47,49H,3-4,6,8-10,12,14-16,18,21,24,27,29-46H2,1-2H3/b7-5-,13-11-,19-17-,23-22-,26-25-,28-20-. The van der Waals surface area contributed by atoms with Gasteiger partial charge in [-0.05, 0) is 83.5 Å². The number of aliphatic hydroxyl groups excluding tert-OH is 1. The number of unbranched alkanes of at least 4 members (excludes halogenated alkanes) is 20. The van der Waals surface area contributed by atoms with Gasteiger partial charge in [0.2, 0.25) is 0 Å². The van der Waals surface area contributed by atoms with Crippen LogP contribution < -0.4 is 0 Å². The third-order valence-electron chi connectivity index (χ3n) is 9.27. The molecule has 0 rings (SSSR count). The van der Waals surface area contributed by atoms with Crippen LogP contribution in [0.15, 0.2) is 72.9 Å². The summed E-state index contributed by atoms with van der Waals surface area (Å²) in [6, 6.07) is 0. The van der Waals surface area contributed by atoms with Gasteiger partial charge in [0.25, 0.3) is 0 Å². The van der Waals surface area contributed by atoms with Crippen LogP contribution in [0.25, 0.3) is 0 Å². The molecule has 0 bridgehead atoms. The van der Waals surface area contributed by atoms with Crippen molar-refractivity contribution in [3.05, 3.63) is 72.9 Å². The second-order valence-electron chi connectivity index (χ2n) is 14.4. The fourth-order valence-electron chi connectivity index (χ4n) is 6.00. The number of rotatable bonds is 40. The van der Waals surface area contributed by atoms with Crippen molar-refractivity contribution in [1.29, 1.82) is 0 Å². The van der Waals surface area contributed by atoms with E-state index in [1.807, 2.05) is 0 Å². The van der Waals surface area contributed by atoms with Crippen LogP contribution in [-0.2, 0) is 14.3 Å². The number of allylic oxidation sites excluding steroid dienone is 12. The lowest BCUT2D eigenvalue weighted by molar-refractivity contribution is -0.154. The van der Waals surface area contributed by atoms with Crippen molar-refractivity contribution in [2.45, 2.75) is 206 Å². The van der Waals surface area contributed by atoms with Gasteiger partial charge in [0.05, 0.1) is 13.2 Å². The van der Waals surface area contributed by atoms with E-state index in [0.29, 0.717) is 13.0 Å². The Hall–Kier alpha value is -2.17. The molecule has 300 valence electrons. The van der Waals surface area contributed by atoms with Gasteiger partial charge in [0.15, 0.2) is 0 Å². The van der Waals surface area contributed by atoms with Gasteiger partial charge in [-0.25, -0.2) is 0 Å². The van der Waals surface area contributed by atoms with E-state index in [9.17, 15) is 9.90 Å². The maximum absolute atomic E-state index is 12.2. The highest BCUT2D eigenvalue weighted by Gasteiger charge is 2.13. The van der Waals surface area contributed by atoms with E-state index in [4.69, 9.17) is 9.47 Å². The molecule has 0 aliphatic heterocycles.